The van der Waals surface area contributed by atoms with Crippen molar-refractivity contribution in [2.24, 2.45) is 0 Å². The van der Waals surface area contributed by atoms with Crippen molar-refractivity contribution in [1.29, 1.82) is 0 Å². The fourth-order valence-electron chi connectivity index (χ4n) is 3.48. The van der Waals surface area contributed by atoms with Crippen LogP contribution >= 0.6 is 11.6 Å². The number of nitrogens with zero attached hydrogens (tertiary/aromatic N) is 2. The maximum Gasteiger partial charge on any atom is 0.317 e. The highest BCUT2D eigenvalue weighted by Crippen LogP contribution is 2.21. The lowest BCUT2D eigenvalue weighted by Crippen LogP contribution is -2.43. The summed E-state index contributed by atoms with van der Waals surface area (Å²) in [6.45, 7) is 3.93. The normalized spacial score (nSPS) is 22.3. The highest BCUT2D eigenvalue weighted by molar-refractivity contribution is 6.31. The summed E-state index contributed by atoms with van der Waals surface area (Å²) in [5, 5.41) is 3.14. The zero-order valence-corrected chi connectivity index (χ0v) is 14.0. The maximum absolute atomic E-state index is 13.7. The van der Waals surface area contributed by atoms with Crippen molar-refractivity contribution in [1.82, 2.24) is 15.1 Å². The van der Waals surface area contributed by atoms with Crippen LogP contribution < -0.4 is 5.32 Å². The first-order valence-corrected chi connectivity index (χ1v) is 8.72. The van der Waals surface area contributed by atoms with E-state index in [2.05, 4.69) is 10.2 Å². The molecule has 0 bridgehead atoms. The van der Waals surface area contributed by atoms with Crippen LogP contribution in [-0.2, 0) is 6.54 Å². The molecule has 0 radical (unpaired) electrons. The Balaban J connectivity index is 1.51. The Kier molecular flexibility index (Phi) is 5.38. The van der Waals surface area contributed by atoms with Crippen molar-refractivity contribution < 1.29 is 9.18 Å². The quantitative estimate of drug-likeness (QED) is 0.917. The average molecular weight is 340 g/mol. The molecule has 1 aromatic carbocycles. The van der Waals surface area contributed by atoms with E-state index in [4.69, 9.17) is 11.6 Å². The smallest absolute Gasteiger partial charge is 0.317 e. The molecule has 23 heavy (non-hydrogen) atoms. The lowest BCUT2D eigenvalue weighted by atomic mass is 10.1. The van der Waals surface area contributed by atoms with Gasteiger partial charge in [-0.05, 0) is 44.5 Å². The van der Waals surface area contributed by atoms with Gasteiger partial charge in [-0.25, -0.2) is 9.18 Å². The Bertz CT molecular complexity index is 543. The van der Waals surface area contributed by atoms with Crippen LogP contribution in [0.15, 0.2) is 18.2 Å². The standard InChI is InChI=1S/C17H23ClFN3O/c18-15-5-4-6-16(19)14(15)11-20-17(23)22-10-7-13(12-22)21-8-2-1-3-9-21/h4-6,13H,1-3,7-12H2,(H,20,23). The number of hydrogen-bond acceptors (Lipinski definition) is 2. The van der Waals surface area contributed by atoms with Crippen molar-refractivity contribution in [3.63, 3.8) is 0 Å². The molecule has 2 amide bonds. The van der Waals surface area contributed by atoms with E-state index in [1.54, 1.807) is 12.1 Å². The van der Waals surface area contributed by atoms with Crippen LogP contribution in [0.4, 0.5) is 9.18 Å². The minimum Gasteiger partial charge on any atom is -0.334 e. The number of amides is 2. The Morgan fingerprint density at radius 1 is 1.26 bits per heavy atom. The molecule has 3 rings (SSSR count). The fourth-order valence-corrected chi connectivity index (χ4v) is 3.71. The zero-order chi connectivity index (χ0) is 16.2. The van der Waals surface area contributed by atoms with Crippen molar-refractivity contribution in [2.75, 3.05) is 26.2 Å². The topological polar surface area (TPSA) is 35.6 Å². The summed E-state index contributed by atoms with van der Waals surface area (Å²) in [6.07, 6.45) is 4.85. The third-order valence-electron chi connectivity index (χ3n) is 4.84. The minimum atomic E-state index is -0.384. The van der Waals surface area contributed by atoms with Gasteiger partial charge in [0.25, 0.3) is 0 Å². The van der Waals surface area contributed by atoms with Gasteiger partial charge in [0.1, 0.15) is 5.82 Å². The van der Waals surface area contributed by atoms with E-state index in [0.717, 1.165) is 32.6 Å². The largest absolute Gasteiger partial charge is 0.334 e. The Hall–Kier alpha value is -1.33. The predicted molar refractivity (Wildman–Crippen MR) is 89.0 cm³/mol. The fraction of sp³-hybridized carbons (Fsp3) is 0.588. The second kappa shape index (κ2) is 7.49. The predicted octanol–water partition coefficient (Wildman–Crippen LogP) is 3.25. The number of carbonyl (C=O) groups is 1. The molecule has 0 aromatic heterocycles. The summed E-state index contributed by atoms with van der Waals surface area (Å²) in [5.41, 5.74) is 0.342. The number of nitrogens with one attached hydrogen (secondary N) is 1. The summed E-state index contributed by atoms with van der Waals surface area (Å²) in [5.74, 6) is -0.384. The second-order valence-electron chi connectivity index (χ2n) is 6.34. The number of carbonyl (C=O) groups excluding carboxylic acids is 1. The van der Waals surface area contributed by atoms with E-state index in [9.17, 15) is 9.18 Å². The van der Waals surface area contributed by atoms with Gasteiger partial charge in [-0.2, -0.15) is 0 Å². The lowest BCUT2D eigenvalue weighted by Gasteiger charge is -2.32. The number of hydrogen-bond donors (Lipinski definition) is 1. The van der Waals surface area contributed by atoms with E-state index < -0.39 is 0 Å². The number of rotatable bonds is 3. The first kappa shape index (κ1) is 16.5. The Morgan fingerprint density at radius 2 is 2.04 bits per heavy atom. The number of halogens is 2. The first-order chi connectivity index (χ1) is 11.1. The van der Waals surface area contributed by atoms with Gasteiger partial charge in [-0.1, -0.05) is 24.1 Å². The molecule has 1 aromatic rings. The second-order valence-corrected chi connectivity index (χ2v) is 6.75. The van der Waals surface area contributed by atoms with E-state index >= 15 is 0 Å². The SMILES string of the molecule is O=C(NCc1c(F)cccc1Cl)N1CCC(N2CCCCC2)C1. The highest BCUT2D eigenvalue weighted by atomic mass is 35.5. The molecule has 2 fully saturated rings. The Morgan fingerprint density at radius 3 is 2.78 bits per heavy atom. The van der Waals surface area contributed by atoms with Crippen LogP contribution in [0.1, 0.15) is 31.2 Å². The van der Waals surface area contributed by atoms with E-state index in [0.29, 0.717) is 16.6 Å². The van der Waals surface area contributed by atoms with Gasteiger partial charge in [-0.15, -0.1) is 0 Å². The molecule has 4 nitrogen and oxygen atoms in total. The highest BCUT2D eigenvalue weighted by Gasteiger charge is 2.30. The number of piperidine rings is 1. The van der Waals surface area contributed by atoms with Crippen molar-refractivity contribution in [3.05, 3.63) is 34.6 Å². The van der Waals surface area contributed by atoms with Crippen LogP contribution in [0, 0.1) is 5.82 Å². The number of likely N-dealkylation sites (tertiary alicyclic amines) is 2. The molecule has 2 aliphatic heterocycles. The molecule has 2 saturated heterocycles. The van der Waals surface area contributed by atoms with Gasteiger partial charge in [0.15, 0.2) is 0 Å². The van der Waals surface area contributed by atoms with Crippen LogP contribution in [-0.4, -0.2) is 48.1 Å². The molecule has 0 saturated carbocycles. The molecule has 1 N–H and O–H groups in total. The zero-order valence-electron chi connectivity index (χ0n) is 13.2. The van der Waals surface area contributed by atoms with E-state index in [1.165, 1.54) is 25.3 Å². The van der Waals surface area contributed by atoms with Crippen molar-refractivity contribution >= 4 is 17.6 Å². The molecule has 126 valence electrons. The van der Waals surface area contributed by atoms with Gasteiger partial charge in [0.05, 0.1) is 0 Å². The monoisotopic (exact) mass is 339 g/mol. The summed E-state index contributed by atoms with van der Waals surface area (Å²) in [7, 11) is 0. The lowest BCUT2D eigenvalue weighted by molar-refractivity contribution is 0.161. The van der Waals surface area contributed by atoms with Gasteiger partial charge in [0.2, 0.25) is 0 Å². The third kappa shape index (κ3) is 3.96. The first-order valence-electron chi connectivity index (χ1n) is 8.35. The Labute approximate surface area is 141 Å². The molecule has 0 aliphatic carbocycles. The summed E-state index contributed by atoms with van der Waals surface area (Å²) in [6, 6.07) is 4.89. The number of urea groups is 1. The maximum atomic E-state index is 13.7. The molecule has 0 spiro atoms. The van der Waals surface area contributed by atoms with Crippen LogP contribution in [0.2, 0.25) is 5.02 Å². The molecular formula is C17H23ClFN3O. The van der Waals surface area contributed by atoms with E-state index in [1.807, 2.05) is 4.90 Å². The molecule has 6 heteroatoms. The van der Waals surface area contributed by atoms with Gasteiger partial charge >= 0.3 is 6.03 Å². The van der Waals surface area contributed by atoms with Gasteiger partial charge in [0, 0.05) is 36.3 Å². The third-order valence-corrected chi connectivity index (χ3v) is 5.19. The van der Waals surface area contributed by atoms with Gasteiger partial charge < -0.3 is 10.2 Å². The summed E-state index contributed by atoms with van der Waals surface area (Å²) >= 11 is 5.99. The number of benzene rings is 1. The molecule has 1 atom stereocenters. The molecule has 2 aliphatic rings. The van der Waals surface area contributed by atoms with Crippen molar-refractivity contribution in [3.8, 4) is 0 Å². The minimum absolute atomic E-state index is 0.120. The van der Waals surface area contributed by atoms with E-state index in [-0.39, 0.29) is 18.4 Å². The van der Waals surface area contributed by atoms with Crippen LogP contribution in [0.25, 0.3) is 0 Å². The van der Waals surface area contributed by atoms with Crippen molar-refractivity contribution in [2.45, 2.75) is 38.3 Å². The molecular weight excluding hydrogens is 317 g/mol. The average Bonchev–Trinajstić information content (AvgIpc) is 3.05. The summed E-state index contributed by atoms with van der Waals surface area (Å²) in [4.78, 5) is 16.6. The van der Waals surface area contributed by atoms with Gasteiger partial charge in [-0.3, -0.25) is 4.90 Å². The molecule has 2 heterocycles. The van der Waals surface area contributed by atoms with Crippen LogP contribution in [0.3, 0.4) is 0 Å². The van der Waals surface area contributed by atoms with Crippen LogP contribution in [0.5, 0.6) is 0 Å². The summed E-state index contributed by atoms with van der Waals surface area (Å²) < 4.78 is 13.7. The molecule has 1 unspecified atom stereocenters.